The van der Waals surface area contributed by atoms with Gasteiger partial charge in [-0.15, -0.1) is 0 Å². The molecule has 0 aliphatic carbocycles. The van der Waals surface area contributed by atoms with Gasteiger partial charge in [0.05, 0.1) is 0 Å². The van der Waals surface area contributed by atoms with Crippen molar-refractivity contribution in [2.75, 3.05) is 0 Å². The molecule has 0 saturated heterocycles. The molecule has 14 heavy (non-hydrogen) atoms. The predicted octanol–water partition coefficient (Wildman–Crippen LogP) is 3.88. The summed E-state index contributed by atoms with van der Waals surface area (Å²) in [4.78, 5) is 10.4. The van der Waals surface area contributed by atoms with E-state index >= 15 is 0 Å². The van der Waals surface area contributed by atoms with Gasteiger partial charge in [-0.05, 0) is 0 Å². The first kappa shape index (κ1) is 12.3. The molecule has 1 aromatic carbocycles. The van der Waals surface area contributed by atoms with Crippen LogP contribution in [0.1, 0.15) is 20.8 Å². The van der Waals surface area contributed by atoms with Crippen LogP contribution < -0.4 is 5.30 Å². The fourth-order valence-electron chi connectivity index (χ4n) is 1.07. The second-order valence-electron chi connectivity index (χ2n) is 4.37. The van der Waals surface area contributed by atoms with Gasteiger partial charge in [0.2, 0.25) is 0 Å². The van der Waals surface area contributed by atoms with E-state index in [1.165, 1.54) is 0 Å². The zero-order valence-corrected chi connectivity index (χ0v) is 10.9. The molecule has 0 spiro atoms. The van der Waals surface area contributed by atoms with Crippen molar-refractivity contribution >= 4 is 33.3 Å². The van der Waals surface area contributed by atoms with Crippen LogP contribution in [0.2, 0.25) is 0 Å². The molecule has 1 rings (SSSR count). The zero-order valence-electron chi connectivity index (χ0n) is 8.54. The summed E-state index contributed by atoms with van der Waals surface area (Å²) in [5.41, 5.74) is -3.81. The second-order valence-corrected chi connectivity index (χ2v) is 12.4. The van der Waals surface area contributed by atoms with E-state index < -0.39 is 10.7 Å². The first-order chi connectivity index (χ1) is 6.14. The Morgan fingerprint density at radius 1 is 1.07 bits per heavy atom. The minimum atomic E-state index is -3.81. The molecule has 0 aromatic heterocycles. The third-order valence-electron chi connectivity index (χ3n) is 2.34. The van der Waals surface area contributed by atoms with Crippen molar-refractivity contribution in [3.05, 3.63) is 30.3 Å². The van der Waals surface area contributed by atoms with E-state index in [-0.39, 0.29) is 0 Å². The molecule has 0 fully saturated rings. The van der Waals surface area contributed by atoms with Crippen LogP contribution in [-0.4, -0.2) is 10.0 Å². The van der Waals surface area contributed by atoms with Crippen LogP contribution in [0.5, 0.6) is 0 Å². The molecule has 4 heteroatoms. The van der Waals surface area contributed by atoms with E-state index in [4.69, 9.17) is 22.5 Å². The molecule has 1 nitrogen and oxygen atoms in total. The first-order valence-corrected chi connectivity index (χ1v) is 8.39. The summed E-state index contributed by atoms with van der Waals surface area (Å²) in [5.74, 6) is 0. The standard InChI is InChI=1S/C10H15Cl2OP/c1-10(2,3)14(11,12,13)9-7-5-4-6-8-9/h4-8,13H,1-3H3. The zero-order chi connectivity index (χ0) is 11.1. The van der Waals surface area contributed by atoms with Crippen LogP contribution in [0.3, 0.4) is 0 Å². The monoisotopic (exact) mass is 252 g/mol. The van der Waals surface area contributed by atoms with Gasteiger partial charge in [-0.2, -0.15) is 0 Å². The Labute approximate surface area is 94.6 Å². The Hall–Kier alpha value is 0.190. The van der Waals surface area contributed by atoms with Crippen molar-refractivity contribution in [2.24, 2.45) is 0 Å². The van der Waals surface area contributed by atoms with Crippen LogP contribution in [0.25, 0.3) is 0 Å². The van der Waals surface area contributed by atoms with E-state index in [1.54, 1.807) is 12.1 Å². The molecule has 0 amide bonds. The number of hydrogen-bond acceptors (Lipinski definition) is 1. The summed E-state index contributed by atoms with van der Waals surface area (Å²) in [5, 5.41) is 0.0742. The van der Waals surface area contributed by atoms with E-state index in [9.17, 15) is 4.89 Å². The molecule has 0 unspecified atom stereocenters. The molecule has 1 N–H and O–H groups in total. The summed E-state index contributed by atoms with van der Waals surface area (Å²) in [6.07, 6.45) is 0. The summed E-state index contributed by atoms with van der Waals surface area (Å²) in [7, 11) is 0. The third kappa shape index (κ3) is 1.92. The van der Waals surface area contributed by atoms with Gasteiger partial charge in [-0.25, -0.2) is 0 Å². The summed E-state index contributed by atoms with van der Waals surface area (Å²) >= 11 is 12.5. The Balaban J connectivity index is 3.32. The van der Waals surface area contributed by atoms with Crippen LogP contribution >= 0.6 is 28.0 Å². The van der Waals surface area contributed by atoms with Crippen molar-refractivity contribution in [2.45, 2.75) is 25.9 Å². The van der Waals surface area contributed by atoms with Crippen LogP contribution in [-0.2, 0) is 0 Å². The third-order valence-corrected chi connectivity index (χ3v) is 10.0. The molecular weight excluding hydrogens is 238 g/mol. The number of hydrogen-bond donors (Lipinski definition) is 1. The molecule has 0 aliphatic rings. The molecule has 0 bridgehead atoms. The van der Waals surface area contributed by atoms with Gasteiger partial charge in [0.15, 0.2) is 0 Å². The summed E-state index contributed by atoms with van der Waals surface area (Å²) < 4.78 is 0. The minimum absolute atomic E-state index is 0.546. The van der Waals surface area contributed by atoms with Gasteiger partial charge in [0.25, 0.3) is 0 Å². The maximum absolute atomic E-state index is 10.4. The topological polar surface area (TPSA) is 20.2 Å². The number of rotatable bonds is 1. The predicted molar refractivity (Wildman–Crippen MR) is 66.7 cm³/mol. The van der Waals surface area contributed by atoms with Crippen LogP contribution in [0, 0.1) is 0 Å². The Kier molecular flexibility index (Phi) is 2.93. The normalized spacial score (nSPS) is 16.0. The van der Waals surface area contributed by atoms with E-state index in [0.717, 1.165) is 0 Å². The molecule has 0 radical (unpaired) electrons. The van der Waals surface area contributed by atoms with E-state index in [0.29, 0.717) is 5.30 Å². The average molecular weight is 253 g/mol. The van der Waals surface area contributed by atoms with Gasteiger partial charge in [-0.1, -0.05) is 0 Å². The second kappa shape index (κ2) is 3.35. The van der Waals surface area contributed by atoms with Gasteiger partial charge in [-0.3, -0.25) is 0 Å². The summed E-state index contributed by atoms with van der Waals surface area (Å²) in [6, 6.07) is 9.05. The SMILES string of the molecule is CC(C)(C)P(O)(Cl)(Cl)c1ccccc1. The maximum atomic E-state index is 10.4. The number of benzene rings is 1. The Morgan fingerprint density at radius 2 is 1.50 bits per heavy atom. The van der Waals surface area contributed by atoms with Crippen LogP contribution in [0.4, 0.5) is 0 Å². The molecular formula is C10H15Cl2OP. The molecule has 0 atom stereocenters. The Bertz CT molecular complexity index is 321. The van der Waals surface area contributed by atoms with Gasteiger partial charge in [0, 0.05) is 0 Å². The van der Waals surface area contributed by atoms with Gasteiger partial charge >= 0.3 is 94.5 Å². The number of halogens is 2. The Morgan fingerprint density at radius 3 is 1.86 bits per heavy atom. The molecule has 0 aliphatic heterocycles. The average Bonchev–Trinajstić information content (AvgIpc) is 2.03. The van der Waals surface area contributed by atoms with Crippen molar-refractivity contribution in [3.8, 4) is 0 Å². The fraction of sp³-hybridized carbons (Fsp3) is 0.400. The molecule has 0 heterocycles. The van der Waals surface area contributed by atoms with Crippen LogP contribution in [0.15, 0.2) is 30.3 Å². The van der Waals surface area contributed by atoms with E-state index in [1.807, 2.05) is 39.0 Å². The quantitative estimate of drug-likeness (QED) is 0.753. The van der Waals surface area contributed by atoms with Crippen molar-refractivity contribution in [1.29, 1.82) is 0 Å². The van der Waals surface area contributed by atoms with E-state index in [2.05, 4.69) is 0 Å². The van der Waals surface area contributed by atoms with Crippen molar-refractivity contribution in [1.82, 2.24) is 0 Å². The molecule has 80 valence electrons. The first-order valence-electron chi connectivity index (χ1n) is 4.40. The fourth-order valence-corrected chi connectivity index (χ4v) is 3.20. The molecule has 0 saturated carbocycles. The van der Waals surface area contributed by atoms with Crippen molar-refractivity contribution in [3.63, 3.8) is 0 Å². The van der Waals surface area contributed by atoms with Gasteiger partial charge < -0.3 is 0 Å². The van der Waals surface area contributed by atoms with Gasteiger partial charge in [0.1, 0.15) is 0 Å². The summed E-state index contributed by atoms with van der Waals surface area (Å²) in [6.45, 7) is 5.54. The molecule has 1 aromatic rings. The van der Waals surface area contributed by atoms with Crippen molar-refractivity contribution < 1.29 is 4.89 Å².